The lowest BCUT2D eigenvalue weighted by Crippen LogP contribution is -2.44. The molecule has 3 fully saturated rings. The Balaban J connectivity index is 1.24. The van der Waals surface area contributed by atoms with Crippen LogP contribution in [0.1, 0.15) is 96.2 Å². The van der Waals surface area contributed by atoms with E-state index in [1.165, 1.54) is 44.5 Å². The number of nitrogens with zero attached hydrogens (tertiary/aromatic N) is 3. The van der Waals surface area contributed by atoms with Crippen molar-refractivity contribution >= 4 is 32.9 Å². The largest absolute Gasteiger partial charge is 0.497 e. The lowest BCUT2D eigenvalue weighted by Gasteiger charge is -2.35. The second-order valence-electron chi connectivity index (χ2n) is 15.0. The summed E-state index contributed by atoms with van der Waals surface area (Å²) in [5.41, 5.74) is 6.57. The van der Waals surface area contributed by atoms with Gasteiger partial charge in [0, 0.05) is 61.7 Å². The van der Waals surface area contributed by atoms with Crippen molar-refractivity contribution in [1.29, 1.82) is 0 Å². The minimum absolute atomic E-state index is 0.0535. The van der Waals surface area contributed by atoms with Gasteiger partial charge in [0.15, 0.2) is 0 Å². The van der Waals surface area contributed by atoms with Crippen molar-refractivity contribution in [3.05, 3.63) is 89.0 Å². The summed E-state index contributed by atoms with van der Waals surface area (Å²) in [5.74, 6) is 1.17. The molecule has 4 aromatic rings. The molecule has 4 aliphatic rings. The quantitative estimate of drug-likeness (QED) is 0.230. The van der Waals surface area contributed by atoms with E-state index in [0.717, 1.165) is 83.0 Å². The Morgan fingerprint density at radius 3 is 2.34 bits per heavy atom. The summed E-state index contributed by atoms with van der Waals surface area (Å²) in [6, 6.07) is 22.5. The number of aromatic nitrogens is 1. The number of hydrogen-bond acceptors (Lipinski definition) is 5. The van der Waals surface area contributed by atoms with Crippen molar-refractivity contribution in [3.63, 3.8) is 0 Å². The van der Waals surface area contributed by atoms with Crippen LogP contribution in [0.2, 0.25) is 0 Å². The third-order valence-corrected chi connectivity index (χ3v) is 13.4. The molecule has 0 spiro atoms. The molecule has 2 aliphatic carbocycles. The first kappa shape index (κ1) is 33.0. The third-order valence-electron chi connectivity index (χ3n) is 12.0. The maximum atomic E-state index is 14.9. The number of amides is 2. The Labute approximate surface area is 294 Å². The van der Waals surface area contributed by atoms with E-state index in [0.29, 0.717) is 18.4 Å². The van der Waals surface area contributed by atoms with E-state index < -0.39 is 21.5 Å². The van der Waals surface area contributed by atoms with Gasteiger partial charge in [0.05, 0.1) is 18.2 Å². The highest BCUT2D eigenvalue weighted by atomic mass is 32.2. The molecule has 3 aromatic carbocycles. The lowest BCUT2D eigenvalue weighted by atomic mass is 9.81. The lowest BCUT2D eigenvalue weighted by molar-refractivity contribution is -0.138. The van der Waals surface area contributed by atoms with Crippen molar-refractivity contribution in [2.24, 2.45) is 5.41 Å². The van der Waals surface area contributed by atoms with Crippen molar-refractivity contribution in [2.75, 3.05) is 34.3 Å². The third kappa shape index (κ3) is 5.51. The van der Waals surface area contributed by atoms with Crippen LogP contribution in [0.15, 0.2) is 66.7 Å². The van der Waals surface area contributed by atoms with Gasteiger partial charge < -0.3 is 14.2 Å². The molecule has 10 heteroatoms. The molecule has 2 unspecified atom stereocenters. The minimum Gasteiger partial charge on any atom is -0.497 e. The first-order valence-corrected chi connectivity index (χ1v) is 19.5. The number of hydrogen-bond donors (Lipinski definition) is 1. The Hall–Kier alpha value is -4.15. The molecular formula is C40H46N4O5S. The highest BCUT2D eigenvalue weighted by Crippen LogP contribution is 2.66. The number of ether oxygens (including phenoxy) is 1. The maximum absolute atomic E-state index is 14.9. The fourth-order valence-corrected chi connectivity index (χ4v) is 9.68. The summed E-state index contributed by atoms with van der Waals surface area (Å²) in [4.78, 5) is 30.4. The predicted molar refractivity (Wildman–Crippen MR) is 195 cm³/mol. The van der Waals surface area contributed by atoms with E-state index >= 15 is 0 Å². The van der Waals surface area contributed by atoms with Crippen LogP contribution < -0.4 is 9.46 Å². The summed E-state index contributed by atoms with van der Waals surface area (Å²) < 4.78 is 36.5. The summed E-state index contributed by atoms with van der Waals surface area (Å²) in [6.45, 7) is 1.97. The van der Waals surface area contributed by atoms with Gasteiger partial charge in [-0.3, -0.25) is 9.59 Å². The van der Waals surface area contributed by atoms with Gasteiger partial charge in [0.2, 0.25) is 5.91 Å². The average Bonchev–Trinajstić information content (AvgIpc) is 3.81. The number of nitrogens with one attached hydrogen (secondary N) is 1. The fraction of sp³-hybridized carbons (Fsp3) is 0.450. The van der Waals surface area contributed by atoms with E-state index in [1.807, 2.05) is 24.3 Å². The average molecular weight is 695 g/mol. The molecule has 2 saturated carbocycles. The molecule has 1 aromatic heterocycles. The van der Waals surface area contributed by atoms with Gasteiger partial charge in [0.25, 0.3) is 5.91 Å². The molecule has 0 radical (unpaired) electrons. The number of rotatable bonds is 7. The molecule has 262 valence electrons. The second kappa shape index (κ2) is 12.6. The molecule has 9 nitrogen and oxygen atoms in total. The number of fused-ring (bicyclic) bond motifs is 7. The van der Waals surface area contributed by atoms with Crippen LogP contribution in [-0.4, -0.2) is 68.3 Å². The molecule has 1 N–H and O–H groups in total. The molecule has 0 bridgehead atoms. The standard InChI is InChI=1S/C40H46N4O5S/c1-42(2)50(47,48)41-38(45)29-14-16-32-35(22-29)44-25-40(39(46)43-20-18-27(19-21-43)26-10-6-4-7-11-26)24-34(40)33-23-30(49-3)15-17-31(33)37(44)36(32)28-12-8-5-9-13-28/h4,6-7,10-11,14-17,22-23,27-28,34H,5,8-9,12-13,18-21,24-25H2,1-3H3,(H,41,45). The molecule has 2 amide bonds. The van der Waals surface area contributed by atoms with Gasteiger partial charge in [-0.15, -0.1) is 0 Å². The monoisotopic (exact) mass is 694 g/mol. The molecule has 3 heterocycles. The normalized spacial score (nSPS) is 22.4. The van der Waals surface area contributed by atoms with Crippen LogP contribution in [0.3, 0.4) is 0 Å². The van der Waals surface area contributed by atoms with Crippen molar-refractivity contribution in [3.8, 4) is 17.0 Å². The van der Waals surface area contributed by atoms with Gasteiger partial charge in [0.1, 0.15) is 5.75 Å². The first-order chi connectivity index (χ1) is 24.1. The van der Waals surface area contributed by atoms with Crippen LogP contribution in [0.5, 0.6) is 5.75 Å². The fourth-order valence-electron chi connectivity index (χ4n) is 9.15. The van der Waals surface area contributed by atoms with Gasteiger partial charge >= 0.3 is 10.2 Å². The van der Waals surface area contributed by atoms with Crippen LogP contribution in [0, 0.1) is 5.41 Å². The number of carbonyl (C=O) groups excluding carboxylic acids is 2. The molecule has 1 saturated heterocycles. The second-order valence-corrected chi connectivity index (χ2v) is 16.9. The summed E-state index contributed by atoms with van der Waals surface area (Å²) in [6.07, 6.45) is 8.37. The summed E-state index contributed by atoms with van der Waals surface area (Å²) in [5, 5.41) is 1.08. The van der Waals surface area contributed by atoms with Crippen LogP contribution in [0.25, 0.3) is 22.2 Å². The Bertz CT molecular complexity index is 2080. The minimum atomic E-state index is -3.97. The smallest absolute Gasteiger partial charge is 0.303 e. The Kier molecular flexibility index (Phi) is 8.30. The van der Waals surface area contributed by atoms with Crippen LogP contribution >= 0.6 is 0 Å². The molecular weight excluding hydrogens is 649 g/mol. The Morgan fingerprint density at radius 2 is 1.64 bits per heavy atom. The van der Waals surface area contributed by atoms with E-state index in [2.05, 4.69) is 50.6 Å². The van der Waals surface area contributed by atoms with Crippen molar-refractivity contribution < 1.29 is 22.7 Å². The predicted octanol–water partition coefficient (Wildman–Crippen LogP) is 6.79. The van der Waals surface area contributed by atoms with Gasteiger partial charge in [-0.2, -0.15) is 12.7 Å². The maximum Gasteiger partial charge on any atom is 0.303 e. The van der Waals surface area contributed by atoms with Crippen molar-refractivity contribution in [1.82, 2.24) is 18.5 Å². The molecule has 2 atom stereocenters. The highest BCUT2D eigenvalue weighted by molar-refractivity contribution is 7.87. The summed E-state index contributed by atoms with van der Waals surface area (Å²) >= 11 is 0. The van der Waals surface area contributed by atoms with E-state index in [9.17, 15) is 18.0 Å². The molecule has 8 rings (SSSR count). The molecule has 2 aliphatic heterocycles. The van der Waals surface area contributed by atoms with Crippen LogP contribution in [-0.2, 0) is 21.5 Å². The number of carbonyl (C=O) groups is 2. The van der Waals surface area contributed by atoms with Gasteiger partial charge in [-0.25, -0.2) is 4.72 Å². The van der Waals surface area contributed by atoms with Gasteiger partial charge in [-0.05, 0) is 91.0 Å². The topological polar surface area (TPSA) is 101 Å². The number of benzene rings is 3. The zero-order valence-electron chi connectivity index (χ0n) is 29.2. The SMILES string of the molecule is COc1ccc2c(c1)C1CC1(C(=O)N1CCC(c3ccccc3)CC1)Cn1c-2c(C2CCCCC2)c2ccc(C(=O)NS(=O)(=O)N(C)C)cc21. The van der Waals surface area contributed by atoms with E-state index in [4.69, 9.17) is 4.74 Å². The zero-order valence-corrected chi connectivity index (χ0v) is 30.0. The zero-order chi connectivity index (χ0) is 34.8. The molecule has 50 heavy (non-hydrogen) atoms. The van der Waals surface area contributed by atoms with Crippen LogP contribution in [0.4, 0.5) is 0 Å². The van der Waals surface area contributed by atoms with E-state index in [1.54, 1.807) is 13.2 Å². The number of likely N-dealkylation sites (tertiary alicyclic amines) is 1. The number of piperidine rings is 1. The van der Waals surface area contributed by atoms with E-state index in [-0.39, 0.29) is 17.4 Å². The summed E-state index contributed by atoms with van der Waals surface area (Å²) in [7, 11) is 0.496. The van der Waals surface area contributed by atoms with Crippen molar-refractivity contribution in [2.45, 2.75) is 75.7 Å². The van der Waals surface area contributed by atoms with Gasteiger partial charge in [-0.1, -0.05) is 55.7 Å². The first-order valence-electron chi connectivity index (χ1n) is 18.0. The number of methoxy groups -OCH3 is 1. The highest BCUT2D eigenvalue weighted by Gasteiger charge is 2.64. The Morgan fingerprint density at radius 1 is 0.900 bits per heavy atom.